The van der Waals surface area contributed by atoms with Crippen LogP contribution < -0.4 is 15.0 Å². The van der Waals surface area contributed by atoms with E-state index in [1.54, 1.807) is 19.1 Å². The molecular formula is C20H24N2O3. The minimum Gasteiger partial charge on any atom is -0.496 e. The molecule has 0 aliphatic carbocycles. The first-order valence-corrected chi connectivity index (χ1v) is 8.32. The first-order chi connectivity index (χ1) is 12.1. The summed E-state index contributed by atoms with van der Waals surface area (Å²) in [5.41, 5.74) is 1.78. The van der Waals surface area contributed by atoms with Crippen LogP contribution in [0.4, 0.5) is 5.69 Å². The van der Waals surface area contributed by atoms with Gasteiger partial charge in [-0.05, 0) is 24.6 Å². The van der Waals surface area contributed by atoms with Crippen molar-refractivity contribution in [1.82, 2.24) is 5.32 Å². The molecule has 0 heterocycles. The van der Waals surface area contributed by atoms with E-state index in [4.69, 9.17) is 4.74 Å². The molecule has 5 heteroatoms. The molecular weight excluding hydrogens is 316 g/mol. The molecule has 0 fully saturated rings. The van der Waals surface area contributed by atoms with Gasteiger partial charge in [-0.3, -0.25) is 9.59 Å². The molecule has 0 atom stereocenters. The molecule has 0 bridgehead atoms. The number of hydrogen-bond donors (Lipinski definition) is 1. The number of ether oxygens (including phenoxy) is 1. The van der Waals surface area contributed by atoms with E-state index in [0.29, 0.717) is 25.8 Å². The molecule has 0 unspecified atom stereocenters. The number of nitrogens with one attached hydrogen (secondary N) is 1. The molecule has 2 rings (SSSR count). The van der Waals surface area contributed by atoms with E-state index in [1.165, 1.54) is 0 Å². The summed E-state index contributed by atoms with van der Waals surface area (Å²) in [5.74, 6) is 0.687. The predicted octanol–water partition coefficient (Wildman–Crippen LogP) is 3.14. The number of benzene rings is 2. The Labute approximate surface area is 148 Å². The third-order valence-corrected chi connectivity index (χ3v) is 3.98. The fourth-order valence-electron chi connectivity index (χ4n) is 2.49. The van der Waals surface area contributed by atoms with Crippen molar-refractivity contribution in [2.75, 3.05) is 19.1 Å². The maximum Gasteiger partial charge on any atom is 0.226 e. The second-order valence-electron chi connectivity index (χ2n) is 5.73. The van der Waals surface area contributed by atoms with Crippen molar-refractivity contribution >= 4 is 17.5 Å². The van der Waals surface area contributed by atoms with Gasteiger partial charge < -0.3 is 15.0 Å². The standard InChI is InChI=1S/C20H24N2O3/c1-22(17-10-4-3-5-11-17)20(24)14-8-13-19(23)21-15-16-9-6-7-12-18(16)25-2/h3-7,9-12H,8,13-15H2,1-2H3,(H,21,23). The number of nitrogens with zero attached hydrogens (tertiary/aromatic N) is 1. The monoisotopic (exact) mass is 340 g/mol. The van der Waals surface area contributed by atoms with Crippen molar-refractivity contribution < 1.29 is 14.3 Å². The molecule has 0 spiro atoms. The molecule has 0 saturated heterocycles. The fraction of sp³-hybridized carbons (Fsp3) is 0.300. The maximum atomic E-state index is 12.2. The Morgan fingerprint density at radius 1 is 1.00 bits per heavy atom. The molecule has 1 N–H and O–H groups in total. The molecule has 0 aromatic heterocycles. The van der Waals surface area contributed by atoms with E-state index in [9.17, 15) is 9.59 Å². The van der Waals surface area contributed by atoms with Gasteiger partial charge in [0, 0.05) is 37.7 Å². The average Bonchev–Trinajstić information content (AvgIpc) is 2.66. The summed E-state index contributed by atoms with van der Waals surface area (Å²) in [6.45, 7) is 0.417. The Morgan fingerprint density at radius 3 is 2.40 bits per heavy atom. The number of methoxy groups -OCH3 is 1. The number of carbonyl (C=O) groups excluding carboxylic acids is 2. The van der Waals surface area contributed by atoms with Gasteiger partial charge in [-0.15, -0.1) is 0 Å². The smallest absolute Gasteiger partial charge is 0.226 e. The molecule has 0 aliphatic rings. The highest BCUT2D eigenvalue weighted by Gasteiger charge is 2.11. The first kappa shape index (κ1) is 18.5. The molecule has 25 heavy (non-hydrogen) atoms. The van der Waals surface area contributed by atoms with Gasteiger partial charge in [0.2, 0.25) is 11.8 Å². The minimum atomic E-state index is -0.0685. The predicted molar refractivity (Wildman–Crippen MR) is 98.5 cm³/mol. The third kappa shape index (κ3) is 5.64. The van der Waals surface area contributed by atoms with Gasteiger partial charge in [0.1, 0.15) is 5.75 Å². The lowest BCUT2D eigenvalue weighted by atomic mass is 10.1. The van der Waals surface area contributed by atoms with E-state index in [2.05, 4.69) is 5.32 Å². The van der Waals surface area contributed by atoms with Crippen LogP contribution in [0.3, 0.4) is 0 Å². The largest absolute Gasteiger partial charge is 0.496 e. The van der Waals surface area contributed by atoms with Gasteiger partial charge in [0.25, 0.3) is 0 Å². The van der Waals surface area contributed by atoms with Crippen LogP contribution in [0.15, 0.2) is 54.6 Å². The van der Waals surface area contributed by atoms with Gasteiger partial charge in [-0.1, -0.05) is 36.4 Å². The summed E-state index contributed by atoms with van der Waals surface area (Å²) >= 11 is 0. The van der Waals surface area contributed by atoms with E-state index in [1.807, 2.05) is 54.6 Å². The lowest BCUT2D eigenvalue weighted by Gasteiger charge is -2.17. The minimum absolute atomic E-state index is 0.00345. The van der Waals surface area contributed by atoms with Crippen molar-refractivity contribution in [3.05, 3.63) is 60.2 Å². The molecule has 5 nitrogen and oxygen atoms in total. The van der Waals surface area contributed by atoms with Crippen LogP contribution in [0.5, 0.6) is 5.75 Å². The zero-order valence-electron chi connectivity index (χ0n) is 14.7. The summed E-state index contributed by atoms with van der Waals surface area (Å²) in [6, 6.07) is 17.0. The normalized spacial score (nSPS) is 10.2. The van der Waals surface area contributed by atoms with Gasteiger partial charge in [0.05, 0.1) is 7.11 Å². The van der Waals surface area contributed by atoms with Gasteiger partial charge in [-0.2, -0.15) is 0 Å². The fourth-order valence-corrected chi connectivity index (χ4v) is 2.49. The Kier molecular flexibility index (Phi) is 7.01. The highest BCUT2D eigenvalue weighted by Crippen LogP contribution is 2.17. The molecule has 0 saturated carbocycles. The highest BCUT2D eigenvalue weighted by atomic mass is 16.5. The van der Waals surface area contributed by atoms with Crippen LogP contribution in [0.2, 0.25) is 0 Å². The quantitative estimate of drug-likeness (QED) is 0.803. The SMILES string of the molecule is COc1ccccc1CNC(=O)CCCC(=O)N(C)c1ccccc1. The van der Waals surface area contributed by atoms with Gasteiger partial charge in [0.15, 0.2) is 0 Å². The van der Waals surface area contributed by atoms with Crippen molar-refractivity contribution in [2.45, 2.75) is 25.8 Å². The van der Waals surface area contributed by atoms with Crippen LogP contribution in [0.25, 0.3) is 0 Å². The van der Waals surface area contributed by atoms with Crippen LogP contribution in [0, 0.1) is 0 Å². The number of amides is 2. The average molecular weight is 340 g/mol. The maximum absolute atomic E-state index is 12.2. The van der Waals surface area contributed by atoms with Crippen molar-refractivity contribution in [1.29, 1.82) is 0 Å². The van der Waals surface area contributed by atoms with E-state index >= 15 is 0 Å². The Bertz CT molecular complexity index is 701. The number of anilines is 1. The zero-order chi connectivity index (χ0) is 18.1. The molecule has 132 valence electrons. The first-order valence-electron chi connectivity index (χ1n) is 8.32. The van der Waals surface area contributed by atoms with Crippen molar-refractivity contribution in [3.63, 3.8) is 0 Å². The number of para-hydroxylation sites is 2. The second-order valence-corrected chi connectivity index (χ2v) is 5.73. The molecule has 2 amide bonds. The Morgan fingerprint density at radius 2 is 1.68 bits per heavy atom. The van der Waals surface area contributed by atoms with Crippen LogP contribution in [0.1, 0.15) is 24.8 Å². The molecule has 2 aromatic rings. The van der Waals surface area contributed by atoms with E-state index in [-0.39, 0.29) is 11.8 Å². The van der Waals surface area contributed by atoms with E-state index in [0.717, 1.165) is 17.0 Å². The van der Waals surface area contributed by atoms with Gasteiger partial charge >= 0.3 is 0 Å². The molecule has 2 aromatic carbocycles. The van der Waals surface area contributed by atoms with Crippen molar-refractivity contribution in [2.24, 2.45) is 0 Å². The van der Waals surface area contributed by atoms with Crippen molar-refractivity contribution in [3.8, 4) is 5.75 Å². The second kappa shape index (κ2) is 9.47. The lowest BCUT2D eigenvalue weighted by Crippen LogP contribution is -2.27. The van der Waals surface area contributed by atoms with Gasteiger partial charge in [-0.25, -0.2) is 0 Å². The number of rotatable bonds is 8. The number of hydrogen-bond acceptors (Lipinski definition) is 3. The van der Waals surface area contributed by atoms with E-state index < -0.39 is 0 Å². The zero-order valence-corrected chi connectivity index (χ0v) is 14.7. The Balaban J connectivity index is 1.72. The van der Waals surface area contributed by atoms with Crippen LogP contribution in [-0.2, 0) is 16.1 Å². The van der Waals surface area contributed by atoms with Crippen LogP contribution >= 0.6 is 0 Å². The summed E-state index contributed by atoms with van der Waals surface area (Å²) < 4.78 is 5.26. The summed E-state index contributed by atoms with van der Waals surface area (Å²) in [7, 11) is 3.36. The summed E-state index contributed by atoms with van der Waals surface area (Å²) in [4.78, 5) is 25.7. The Hall–Kier alpha value is -2.82. The topological polar surface area (TPSA) is 58.6 Å². The molecule has 0 aliphatic heterocycles. The molecule has 0 radical (unpaired) electrons. The highest BCUT2D eigenvalue weighted by molar-refractivity contribution is 5.92. The summed E-state index contributed by atoms with van der Waals surface area (Å²) in [6.07, 6.45) is 1.19. The lowest BCUT2D eigenvalue weighted by molar-refractivity contribution is -0.121. The third-order valence-electron chi connectivity index (χ3n) is 3.98. The number of carbonyl (C=O) groups is 2. The summed E-state index contributed by atoms with van der Waals surface area (Å²) in [5, 5.41) is 2.86. The van der Waals surface area contributed by atoms with Crippen LogP contribution in [-0.4, -0.2) is 26.0 Å².